The van der Waals surface area contributed by atoms with Crippen LogP contribution in [0, 0.1) is 11.3 Å². The maximum absolute atomic E-state index is 11.9. The highest BCUT2D eigenvalue weighted by atomic mass is 35.5. The molecule has 6 nitrogen and oxygen atoms in total. The summed E-state index contributed by atoms with van der Waals surface area (Å²) >= 11 is 5.77. The lowest BCUT2D eigenvalue weighted by molar-refractivity contribution is 0.185. The summed E-state index contributed by atoms with van der Waals surface area (Å²) < 4.78 is 25.9. The lowest BCUT2D eigenvalue weighted by Gasteiger charge is -2.14. The summed E-state index contributed by atoms with van der Waals surface area (Å²) in [5, 5.41) is 26.2. The molecule has 0 saturated heterocycles. The molecule has 0 aromatic heterocycles. The number of benzene rings is 1. The van der Waals surface area contributed by atoms with Crippen molar-refractivity contribution in [1.29, 1.82) is 5.26 Å². The van der Waals surface area contributed by atoms with E-state index >= 15 is 0 Å². The number of aliphatic hydroxyl groups is 2. The summed E-state index contributed by atoms with van der Waals surface area (Å²) in [7, 11) is -3.95. The molecular weight excluding hydrogens is 280 g/mol. The second kappa shape index (κ2) is 6.13. The summed E-state index contributed by atoms with van der Waals surface area (Å²) in [5.74, 6) is 0. The monoisotopic (exact) mass is 290 g/mol. The lowest BCUT2D eigenvalue weighted by atomic mass is 10.2. The van der Waals surface area contributed by atoms with Crippen molar-refractivity contribution in [1.82, 2.24) is 4.72 Å². The van der Waals surface area contributed by atoms with Gasteiger partial charge < -0.3 is 10.2 Å². The SMILES string of the molecule is N#Cc1ccc(S(=O)(=O)NC(CO)CO)c(Cl)c1. The van der Waals surface area contributed by atoms with Gasteiger partial charge in [-0.25, -0.2) is 13.1 Å². The van der Waals surface area contributed by atoms with Crippen LogP contribution in [0.2, 0.25) is 5.02 Å². The fraction of sp³-hybridized carbons (Fsp3) is 0.300. The highest BCUT2D eigenvalue weighted by molar-refractivity contribution is 7.89. The Balaban J connectivity index is 3.10. The minimum absolute atomic E-state index is 0.101. The Morgan fingerprint density at radius 1 is 1.39 bits per heavy atom. The van der Waals surface area contributed by atoms with Crippen LogP contribution in [0.3, 0.4) is 0 Å². The predicted octanol–water partition coefficient (Wildman–Crippen LogP) is -0.157. The molecule has 98 valence electrons. The molecule has 8 heteroatoms. The van der Waals surface area contributed by atoms with Crippen molar-refractivity contribution in [2.75, 3.05) is 13.2 Å². The molecule has 0 amide bonds. The fourth-order valence-corrected chi connectivity index (χ4v) is 2.97. The summed E-state index contributed by atoms with van der Waals surface area (Å²) in [6.07, 6.45) is 0. The van der Waals surface area contributed by atoms with Crippen LogP contribution in [0.25, 0.3) is 0 Å². The third kappa shape index (κ3) is 3.41. The van der Waals surface area contributed by atoms with E-state index in [-0.39, 0.29) is 15.5 Å². The topological polar surface area (TPSA) is 110 Å². The number of nitrogens with zero attached hydrogens (tertiary/aromatic N) is 1. The fourth-order valence-electron chi connectivity index (χ4n) is 1.20. The van der Waals surface area contributed by atoms with Gasteiger partial charge in [-0.2, -0.15) is 5.26 Å². The number of rotatable bonds is 5. The first-order chi connectivity index (χ1) is 8.44. The van der Waals surface area contributed by atoms with Gasteiger partial charge in [0, 0.05) is 0 Å². The van der Waals surface area contributed by atoms with Crippen molar-refractivity contribution in [3.8, 4) is 6.07 Å². The first kappa shape index (κ1) is 14.9. The Morgan fingerprint density at radius 3 is 2.44 bits per heavy atom. The van der Waals surface area contributed by atoms with Crippen LogP contribution < -0.4 is 4.72 Å². The number of halogens is 1. The van der Waals surface area contributed by atoms with Gasteiger partial charge in [-0.05, 0) is 18.2 Å². The van der Waals surface area contributed by atoms with E-state index in [0.29, 0.717) is 0 Å². The Morgan fingerprint density at radius 2 is 2.00 bits per heavy atom. The van der Waals surface area contributed by atoms with Crippen LogP contribution in [0.1, 0.15) is 5.56 Å². The molecule has 0 radical (unpaired) electrons. The van der Waals surface area contributed by atoms with E-state index < -0.39 is 29.3 Å². The highest BCUT2D eigenvalue weighted by Gasteiger charge is 2.21. The molecule has 1 aromatic rings. The zero-order chi connectivity index (χ0) is 13.8. The maximum atomic E-state index is 11.9. The standard InChI is InChI=1S/C10H11ClN2O4S/c11-9-3-7(4-12)1-2-10(9)18(16,17)13-8(5-14)6-15/h1-3,8,13-15H,5-6H2. The van der Waals surface area contributed by atoms with Crippen molar-refractivity contribution in [3.05, 3.63) is 28.8 Å². The smallest absolute Gasteiger partial charge is 0.242 e. The molecule has 3 N–H and O–H groups in total. The average molecular weight is 291 g/mol. The molecule has 0 heterocycles. The summed E-state index contributed by atoms with van der Waals surface area (Å²) in [4.78, 5) is -0.213. The van der Waals surface area contributed by atoms with E-state index in [9.17, 15) is 8.42 Å². The van der Waals surface area contributed by atoms with E-state index in [1.54, 1.807) is 0 Å². The summed E-state index contributed by atoms with van der Waals surface area (Å²) in [6.45, 7) is -1.08. The Labute approximate surface area is 109 Å². The number of hydrogen-bond donors (Lipinski definition) is 3. The van der Waals surface area contributed by atoms with Gasteiger partial charge in [-0.3, -0.25) is 0 Å². The van der Waals surface area contributed by atoms with Crippen LogP contribution >= 0.6 is 11.6 Å². The molecule has 0 aliphatic heterocycles. The van der Waals surface area contributed by atoms with Gasteiger partial charge >= 0.3 is 0 Å². The zero-order valence-electron chi connectivity index (χ0n) is 9.17. The molecule has 18 heavy (non-hydrogen) atoms. The quantitative estimate of drug-likeness (QED) is 0.698. The van der Waals surface area contributed by atoms with Crippen LogP contribution in [0.5, 0.6) is 0 Å². The average Bonchev–Trinajstić information content (AvgIpc) is 2.35. The second-order valence-electron chi connectivity index (χ2n) is 3.44. The first-order valence-corrected chi connectivity index (χ1v) is 6.74. The Bertz CT molecular complexity index is 564. The number of aliphatic hydroxyl groups excluding tert-OH is 2. The molecule has 0 unspecified atom stereocenters. The molecule has 1 rings (SSSR count). The largest absolute Gasteiger partial charge is 0.395 e. The number of nitrogens with one attached hydrogen (secondary N) is 1. The van der Waals surface area contributed by atoms with Gasteiger partial charge in [0.1, 0.15) is 4.90 Å². The normalized spacial score (nSPS) is 11.5. The molecule has 0 aliphatic carbocycles. The molecule has 0 aliphatic rings. The van der Waals surface area contributed by atoms with Gasteiger partial charge in [-0.15, -0.1) is 0 Å². The minimum Gasteiger partial charge on any atom is -0.395 e. The minimum atomic E-state index is -3.95. The third-order valence-electron chi connectivity index (χ3n) is 2.11. The zero-order valence-corrected chi connectivity index (χ0v) is 10.7. The van der Waals surface area contributed by atoms with Gasteiger partial charge in [0.2, 0.25) is 10.0 Å². The number of nitriles is 1. The van der Waals surface area contributed by atoms with Crippen molar-refractivity contribution in [3.63, 3.8) is 0 Å². The van der Waals surface area contributed by atoms with Crippen LogP contribution in [-0.2, 0) is 10.0 Å². The lowest BCUT2D eigenvalue weighted by Crippen LogP contribution is -2.40. The van der Waals surface area contributed by atoms with Crippen molar-refractivity contribution in [2.45, 2.75) is 10.9 Å². The van der Waals surface area contributed by atoms with Crippen molar-refractivity contribution in [2.24, 2.45) is 0 Å². The van der Waals surface area contributed by atoms with Crippen LogP contribution in [-0.4, -0.2) is 37.9 Å². The summed E-state index contributed by atoms with van der Waals surface area (Å²) in [5.41, 5.74) is 0.236. The number of hydrogen-bond acceptors (Lipinski definition) is 5. The molecule has 0 saturated carbocycles. The van der Waals surface area contributed by atoms with Gasteiger partial charge in [0.15, 0.2) is 0 Å². The molecule has 0 fully saturated rings. The van der Waals surface area contributed by atoms with E-state index in [0.717, 1.165) is 0 Å². The Hall–Kier alpha value is -1.17. The van der Waals surface area contributed by atoms with Gasteiger partial charge in [-0.1, -0.05) is 11.6 Å². The first-order valence-electron chi connectivity index (χ1n) is 4.88. The van der Waals surface area contributed by atoms with E-state index in [1.807, 2.05) is 6.07 Å². The van der Waals surface area contributed by atoms with E-state index in [1.165, 1.54) is 18.2 Å². The third-order valence-corrected chi connectivity index (χ3v) is 4.12. The highest BCUT2D eigenvalue weighted by Crippen LogP contribution is 2.22. The summed E-state index contributed by atoms with van der Waals surface area (Å²) in [6, 6.07) is 4.56. The van der Waals surface area contributed by atoms with Gasteiger partial charge in [0.25, 0.3) is 0 Å². The molecular formula is C10H11ClN2O4S. The number of sulfonamides is 1. The molecule has 0 bridgehead atoms. The molecule has 0 atom stereocenters. The van der Waals surface area contributed by atoms with Crippen molar-refractivity contribution < 1.29 is 18.6 Å². The van der Waals surface area contributed by atoms with E-state index in [2.05, 4.69) is 4.72 Å². The van der Waals surface area contributed by atoms with Crippen LogP contribution in [0.4, 0.5) is 0 Å². The second-order valence-corrected chi connectivity index (χ2v) is 5.53. The molecule has 0 spiro atoms. The Kier molecular flexibility index (Phi) is 5.07. The van der Waals surface area contributed by atoms with Gasteiger partial charge in [0.05, 0.1) is 35.9 Å². The van der Waals surface area contributed by atoms with Crippen LogP contribution in [0.15, 0.2) is 23.1 Å². The van der Waals surface area contributed by atoms with E-state index in [4.69, 9.17) is 27.1 Å². The predicted molar refractivity (Wildman–Crippen MR) is 64.4 cm³/mol. The maximum Gasteiger partial charge on any atom is 0.242 e. The van der Waals surface area contributed by atoms with Crippen molar-refractivity contribution >= 4 is 21.6 Å². The molecule has 1 aromatic carbocycles.